The average Bonchev–Trinajstić information content (AvgIpc) is 2.98. The zero-order valence-electron chi connectivity index (χ0n) is 15.5. The van der Waals surface area contributed by atoms with Gasteiger partial charge in [-0.3, -0.25) is 0 Å². The second kappa shape index (κ2) is 17.1. The minimum absolute atomic E-state index is 0. The van der Waals surface area contributed by atoms with Crippen LogP contribution in [0, 0.1) is 12.8 Å². The Labute approximate surface area is 170 Å². The quantitative estimate of drug-likeness (QED) is 0.533. The van der Waals surface area contributed by atoms with E-state index >= 15 is 0 Å². The Balaban J connectivity index is -0.000000619. The molecule has 0 N–H and O–H groups in total. The molecule has 2 rings (SSSR count). The van der Waals surface area contributed by atoms with Crippen LogP contribution in [0.3, 0.4) is 0 Å². The summed E-state index contributed by atoms with van der Waals surface area (Å²) in [4.78, 5) is 11.6. The molecule has 1 aromatic heterocycles. The van der Waals surface area contributed by atoms with Crippen molar-refractivity contribution in [2.75, 3.05) is 7.05 Å². The van der Waals surface area contributed by atoms with Gasteiger partial charge in [0, 0.05) is 57.0 Å². The van der Waals surface area contributed by atoms with E-state index in [0.717, 1.165) is 30.7 Å². The Morgan fingerprint density at radius 2 is 1.87 bits per heavy atom. The van der Waals surface area contributed by atoms with Gasteiger partial charge in [0.15, 0.2) is 0 Å². The van der Waals surface area contributed by atoms with Crippen LogP contribution in [0.2, 0.25) is 0 Å². The van der Waals surface area contributed by atoms with Gasteiger partial charge in [-0.05, 0) is 25.7 Å². The first kappa shape index (κ1) is 28.0. The zero-order valence-corrected chi connectivity index (χ0v) is 19.8. The van der Waals surface area contributed by atoms with Gasteiger partial charge in [-0.15, -0.1) is 7.05 Å². The number of nitrogens with zero attached hydrogens (tertiary/aromatic N) is 2. The van der Waals surface area contributed by atoms with E-state index in [9.17, 15) is 4.79 Å². The molecule has 0 aliphatic heterocycles. The van der Waals surface area contributed by atoms with Crippen molar-refractivity contribution in [2.24, 2.45) is 5.92 Å². The summed E-state index contributed by atoms with van der Waals surface area (Å²) in [7, 11) is 1.56. The van der Waals surface area contributed by atoms with E-state index in [0.29, 0.717) is 6.42 Å². The van der Waals surface area contributed by atoms with Crippen LogP contribution in [0.15, 0.2) is 4.52 Å². The molecule has 2 unspecified atom stereocenters. The van der Waals surface area contributed by atoms with Gasteiger partial charge in [-0.25, -0.2) is 0 Å². The van der Waals surface area contributed by atoms with Crippen molar-refractivity contribution in [2.45, 2.75) is 66.2 Å². The fourth-order valence-corrected chi connectivity index (χ4v) is 2.43. The number of amides is 1. The van der Waals surface area contributed by atoms with Crippen molar-refractivity contribution in [3.63, 3.8) is 0 Å². The molecule has 0 spiro atoms. The second-order valence-corrected chi connectivity index (χ2v) is 4.61. The fourth-order valence-electron chi connectivity index (χ4n) is 2.43. The monoisotopic (exact) mass is 417 g/mol. The maximum atomic E-state index is 11.6. The van der Waals surface area contributed by atoms with Crippen molar-refractivity contribution >= 4 is 15.8 Å². The molecule has 0 fully saturated rings. The number of hydrogen-bond acceptors (Lipinski definition) is 3. The summed E-state index contributed by atoms with van der Waals surface area (Å²) in [5.74, 6) is 0.957. The van der Waals surface area contributed by atoms with Crippen LogP contribution in [-0.4, -0.2) is 18.1 Å². The average molecular weight is 417 g/mol. The molecule has 1 amide bonds. The molecular formula is C17H33N2O2PY-2. The van der Waals surface area contributed by atoms with Crippen molar-refractivity contribution in [3.8, 4) is 0 Å². The number of fused-ring (bicyclic) bond motifs is 1. The van der Waals surface area contributed by atoms with E-state index < -0.39 is 0 Å². The Morgan fingerprint density at radius 1 is 1.30 bits per heavy atom. The molecule has 2 atom stereocenters. The Kier molecular flexibility index (Phi) is 20.8. The van der Waals surface area contributed by atoms with Crippen LogP contribution >= 0.6 is 9.90 Å². The molecule has 133 valence electrons. The molecule has 1 aromatic rings. The van der Waals surface area contributed by atoms with Crippen molar-refractivity contribution < 1.29 is 42.0 Å². The van der Waals surface area contributed by atoms with Crippen molar-refractivity contribution in [1.29, 1.82) is 0 Å². The molecule has 0 bridgehead atoms. The molecule has 1 heterocycles. The zero-order chi connectivity index (χ0) is 16.3. The minimum atomic E-state index is -0.0453. The van der Waals surface area contributed by atoms with Gasteiger partial charge in [0.25, 0.3) is 0 Å². The fraction of sp³-hybridized carbons (Fsp3) is 0.706. The SMILES string of the molecule is CC.CCC(Cc1noc2c1CCCC2)C(=O)[N-]C.P.[CH2-]C.[Y]. The van der Waals surface area contributed by atoms with Gasteiger partial charge in [0.2, 0.25) is 0 Å². The standard InChI is InChI=1S/C13H20N2O2.C2H6.C2H5.H3P.Y/c1-3-9(13(16)14-2)8-11-10-6-4-5-7-12(10)17-15-11;2*1-2;;/h9H,3-8H2,1-2H3,(H,14,16);1-2H3;1H2,2H3;1H3;/q;;-1;;/p-1. The van der Waals surface area contributed by atoms with Crippen LogP contribution in [-0.2, 0) is 56.8 Å². The van der Waals surface area contributed by atoms with Crippen molar-refractivity contribution in [3.05, 3.63) is 29.3 Å². The first-order valence-corrected chi connectivity index (χ1v) is 8.07. The molecule has 1 aliphatic rings. The van der Waals surface area contributed by atoms with Gasteiger partial charge in [-0.1, -0.05) is 25.9 Å². The van der Waals surface area contributed by atoms with E-state index in [1.54, 1.807) is 14.0 Å². The summed E-state index contributed by atoms with van der Waals surface area (Å²) < 4.78 is 5.35. The summed E-state index contributed by atoms with van der Waals surface area (Å²) in [6, 6.07) is 0. The largest absolute Gasteiger partial charge is 0.656 e. The molecule has 6 heteroatoms. The molecular weight excluding hydrogens is 384 g/mol. The van der Waals surface area contributed by atoms with Crippen LogP contribution in [0.4, 0.5) is 0 Å². The smallest absolute Gasteiger partial charge is 0.140 e. The number of carbonyl (C=O) groups is 1. The van der Waals surface area contributed by atoms with Crippen LogP contribution in [0.5, 0.6) is 0 Å². The van der Waals surface area contributed by atoms with E-state index in [-0.39, 0.29) is 54.4 Å². The van der Waals surface area contributed by atoms with Crippen LogP contribution in [0.25, 0.3) is 5.32 Å². The molecule has 1 aliphatic carbocycles. The maximum absolute atomic E-state index is 11.6. The third-order valence-electron chi connectivity index (χ3n) is 3.53. The predicted molar refractivity (Wildman–Crippen MR) is 98.4 cm³/mol. The topological polar surface area (TPSA) is 57.2 Å². The summed E-state index contributed by atoms with van der Waals surface area (Å²) in [5, 5.41) is 7.89. The van der Waals surface area contributed by atoms with Gasteiger partial charge in [0.1, 0.15) is 5.76 Å². The third kappa shape index (κ3) is 8.75. The number of carbonyl (C=O) groups excluding carboxylic acids is 1. The number of aryl methyl sites for hydroxylation is 1. The summed E-state index contributed by atoms with van der Waals surface area (Å²) in [5.41, 5.74) is 2.22. The molecule has 0 saturated heterocycles. The predicted octanol–water partition coefficient (Wildman–Crippen LogP) is 4.57. The maximum Gasteiger partial charge on any atom is 0.140 e. The second-order valence-electron chi connectivity index (χ2n) is 4.61. The molecule has 4 nitrogen and oxygen atoms in total. The van der Waals surface area contributed by atoms with E-state index in [4.69, 9.17) is 4.52 Å². The minimum Gasteiger partial charge on any atom is -0.656 e. The van der Waals surface area contributed by atoms with Gasteiger partial charge in [0.05, 0.1) is 11.6 Å². The number of rotatable bonds is 4. The first-order chi connectivity index (χ1) is 10.3. The number of aromatic nitrogens is 1. The summed E-state index contributed by atoms with van der Waals surface area (Å²) in [6.45, 7) is 11.0. The number of hydrogen-bond donors (Lipinski definition) is 0. The molecule has 23 heavy (non-hydrogen) atoms. The van der Waals surface area contributed by atoms with E-state index in [1.807, 2.05) is 20.8 Å². The van der Waals surface area contributed by atoms with Gasteiger partial charge in [-0.2, -0.15) is 16.8 Å². The normalized spacial score (nSPS) is 12.6. The molecule has 1 radical (unpaired) electrons. The molecule has 0 aromatic carbocycles. The summed E-state index contributed by atoms with van der Waals surface area (Å²) >= 11 is 0. The molecule has 0 saturated carbocycles. The van der Waals surface area contributed by atoms with Gasteiger partial charge < -0.3 is 21.6 Å². The van der Waals surface area contributed by atoms with E-state index in [1.165, 1.54) is 18.4 Å². The van der Waals surface area contributed by atoms with Crippen molar-refractivity contribution in [1.82, 2.24) is 5.16 Å². The Bertz CT molecular complexity index is 411. The third-order valence-corrected chi connectivity index (χ3v) is 3.53. The van der Waals surface area contributed by atoms with Crippen LogP contribution < -0.4 is 0 Å². The van der Waals surface area contributed by atoms with Crippen LogP contribution in [0.1, 0.15) is 64.0 Å². The van der Waals surface area contributed by atoms with Gasteiger partial charge >= 0.3 is 0 Å². The Morgan fingerprint density at radius 3 is 2.39 bits per heavy atom. The first-order valence-electron chi connectivity index (χ1n) is 8.07. The van der Waals surface area contributed by atoms with E-state index in [2.05, 4.69) is 17.4 Å². The summed E-state index contributed by atoms with van der Waals surface area (Å²) in [6.07, 6.45) is 5.89. The Hall–Kier alpha value is 0.214.